The van der Waals surface area contributed by atoms with Gasteiger partial charge in [-0.2, -0.15) is 5.26 Å². The minimum Gasteiger partial charge on any atom is -0.411 e. The Morgan fingerprint density at radius 2 is 1.96 bits per heavy atom. The van der Waals surface area contributed by atoms with E-state index >= 15 is 0 Å². The molecule has 1 heterocycles. The molecule has 1 amide bonds. The minimum atomic E-state index is -0.248. The maximum Gasteiger partial charge on any atom is 0.277 e. The summed E-state index contributed by atoms with van der Waals surface area (Å²) in [5.41, 5.74) is 1.73. The van der Waals surface area contributed by atoms with Gasteiger partial charge in [0.15, 0.2) is 0 Å². The Hall–Kier alpha value is -2.38. The second-order valence-electron chi connectivity index (χ2n) is 4.87. The molecular weight excluding hydrogens is 451 g/mol. The molecule has 25 heavy (non-hydrogen) atoms. The van der Waals surface area contributed by atoms with Crippen LogP contribution in [0.4, 0.5) is 5.69 Å². The molecule has 0 spiro atoms. The number of para-hydroxylation sites is 1. The highest BCUT2D eigenvalue weighted by atomic mass is 127. The number of carbonyl (C=O) groups is 1. The number of hydrogen-bond acceptors (Lipinski definition) is 6. The number of carbonyl (C=O) groups excluding carboxylic acids is 1. The van der Waals surface area contributed by atoms with Gasteiger partial charge in [0.25, 0.3) is 5.22 Å². The lowest BCUT2D eigenvalue weighted by Crippen LogP contribution is -2.14. The second kappa shape index (κ2) is 8.13. The Bertz CT molecular complexity index is 934. The van der Waals surface area contributed by atoms with E-state index in [0.717, 1.165) is 20.9 Å². The summed E-state index contributed by atoms with van der Waals surface area (Å²) in [6, 6.07) is 16.6. The lowest BCUT2D eigenvalue weighted by Gasteiger charge is -2.05. The van der Waals surface area contributed by atoms with E-state index in [2.05, 4.69) is 38.1 Å². The van der Waals surface area contributed by atoms with Crippen molar-refractivity contribution >= 4 is 45.9 Å². The van der Waals surface area contributed by atoms with Gasteiger partial charge in [-0.05, 0) is 59.0 Å². The van der Waals surface area contributed by atoms with Gasteiger partial charge in [-0.1, -0.05) is 23.9 Å². The summed E-state index contributed by atoms with van der Waals surface area (Å²) in [5, 5.41) is 20.0. The normalized spacial score (nSPS) is 10.2. The highest BCUT2D eigenvalue weighted by molar-refractivity contribution is 14.1. The lowest BCUT2D eigenvalue weighted by atomic mass is 10.2. The van der Waals surface area contributed by atoms with Crippen LogP contribution in [-0.4, -0.2) is 21.9 Å². The van der Waals surface area contributed by atoms with Crippen molar-refractivity contribution in [2.24, 2.45) is 0 Å². The van der Waals surface area contributed by atoms with E-state index in [1.54, 1.807) is 24.3 Å². The largest absolute Gasteiger partial charge is 0.411 e. The molecule has 2 aromatic carbocycles. The van der Waals surface area contributed by atoms with E-state index in [1.807, 2.05) is 30.3 Å². The van der Waals surface area contributed by atoms with Crippen molar-refractivity contribution in [1.82, 2.24) is 10.2 Å². The van der Waals surface area contributed by atoms with Gasteiger partial charge in [-0.25, -0.2) is 0 Å². The van der Waals surface area contributed by atoms with Crippen LogP contribution >= 0.6 is 34.4 Å². The number of nitrogens with one attached hydrogen (secondary N) is 1. The summed E-state index contributed by atoms with van der Waals surface area (Å²) in [6.07, 6.45) is 0. The fraction of sp³-hybridized carbons (Fsp3) is 0.0588. The van der Waals surface area contributed by atoms with Crippen LogP contribution in [0.3, 0.4) is 0 Å². The molecule has 1 aromatic heterocycles. The van der Waals surface area contributed by atoms with Gasteiger partial charge in [-0.3, -0.25) is 4.79 Å². The van der Waals surface area contributed by atoms with Crippen LogP contribution in [0.15, 0.2) is 58.2 Å². The lowest BCUT2D eigenvalue weighted by molar-refractivity contribution is -0.113. The molecule has 124 valence electrons. The zero-order valence-electron chi connectivity index (χ0n) is 12.8. The van der Waals surface area contributed by atoms with Gasteiger partial charge in [0.2, 0.25) is 11.8 Å². The third-order valence-corrected chi connectivity index (χ3v) is 4.68. The van der Waals surface area contributed by atoms with Crippen LogP contribution in [0.1, 0.15) is 5.56 Å². The first kappa shape index (κ1) is 17.4. The molecule has 1 N–H and O–H groups in total. The van der Waals surface area contributed by atoms with Crippen LogP contribution in [-0.2, 0) is 4.79 Å². The summed E-state index contributed by atoms with van der Waals surface area (Å²) in [6.45, 7) is 0. The average molecular weight is 462 g/mol. The Labute approximate surface area is 161 Å². The van der Waals surface area contributed by atoms with Crippen LogP contribution in [0.5, 0.6) is 0 Å². The highest BCUT2D eigenvalue weighted by Gasteiger charge is 2.12. The predicted octanol–water partition coefficient (Wildman–Crippen LogP) is 3.94. The molecule has 0 atom stereocenters. The zero-order valence-corrected chi connectivity index (χ0v) is 15.7. The van der Waals surface area contributed by atoms with E-state index in [9.17, 15) is 4.79 Å². The molecule has 0 unspecified atom stereocenters. The minimum absolute atomic E-state index is 0.105. The van der Waals surface area contributed by atoms with Crippen molar-refractivity contribution in [2.75, 3.05) is 11.1 Å². The van der Waals surface area contributed by atoms with Crippen LogP contribution in [0.2, 0.25) is 0 Å². The molecule has 0 saturated carbocycles. The van der Waals surface area contributed by atoms with E-state index in [4.69, 9.17) is 9.68 Å². The van der Waals surface area contributed by atoms with E-state index in [1.165, 1.54) is 0 Å². The summed E-state index contributed by atoms with van der Waals surface area (Å²) in [4.78, 5) is 12.0. The number of halogens is 1. The Morgan fingerprint density at radius 3 is 2.72 bits per heavy atom. The summed E-state index contributed by atoms with van der Waals surface area (Å²) in [7, 11) is 0. The Morgan fingerprint density at radius 1 is 1.20 bits per heavy atom. The van der Waals surface area contributed by atoms with Crippen LogP contribution in [0, 0.1) is 14.9 Å². The predicted molar refractivity (Wildman–Crippen MR) is 103 cm³/mol. The van der Waals surface area contributed by atoms with Crippen molar-refractivity contribution in [1.29, 1.82) is 5.26 Å². The quantitative estimate of drug-likeness (QED) is 0.456. The molecular formula is C17H11IN4O2S. The molecule has 0 saturated heterocycles. The van der Waals surface area contributed by atoms with Gasteiger partial charge >= 0.3 is 0 Å². The first-order valence-corrected chi connectivity index (χ1v) is 9.23. The smallest absolute Gasteiger partial charge is 0.277 e. The van der Waals surface area contributed by atoms with Crippen molar-refractivity contribution in [3.05, 3.63) is 57.7 Å². The second-order valence-corrected chi connectivity index (χ2v) is 7.05. The van der Waals surface area contributed by atoms with Crippen molar-refractivity contribution in [3.63, 3.8) is 0 Å². The molecule has 0 bridgehead atoms. The first-order valence-electron chi connectivity index (χ1n) is 7.17. The summed E-state index contributed by atoms with van der Waals surface area (Å²) in [5.74, 6) is 0.268. The van der Waals surface area contributed by atoms with Gasteiger partial charge in [0.1, 0.15) is 6.07 Å². The number of amides is 1. The number of benzene rings is 2. The number of aromatic nitrogens is 2. The van der Waals surface area contributed by atoms with E-state index in [0.29, 0.717) is 22.4 Å². The van der Waals surface area contributed by atoms with Crippen LogP contribution in [0.25, 0.3) is 11.5 Å². The number of hydrogen-bond donors (Lipinski definition) is 1. The topological polar surface area (TPSA) is 91.8 Å². The van der Waals surface area contributed by atoms with Crippen molar-refractivity contribution in [3.8, 4) is 17.5 Å². The van der Waals surface area contributed by atoms with Crippen molar-refractivity contribution in [2.45, 2.75) is 5.22 Å². The van der Waals surface area contributed by atoms with Crippen molar-refractivity contribution < 1.29 is 9.21 Å². The average Bonchev–Trinajstić information content (AvgIpc) is 3.10. The molecule has 3 aromatic rings. The molecule has 0 aliphatic heterocycles. The standard InChI is InChI=1S/C17H11IN4O2S/c18-13-7-5-11(6-8-13)16-21-22-17(24-16)25-10-15(23)20-14-4-2-1-3-12(14)9-19/h1-8H,10H2,(H,20,23). The number of nitrogens with zero attached hydrogens (tertiary/aromatic N) is 3. The number of nitriles is 1. The fourth-order valence-corrected chi connectivity index (χ4v) is 2.90. The van der Waals surface area contributed by atoms with Gasteiger partial charge in [0.05, 0.1) is 17.0 Å². The monoisotopic (exact) mass is 462 g/mol. The third kappa shape index (κ3) is 4.58. The Balaban J connectivity index is 1.59. The Kier molecular flexibility index (Phi) is 5.67. The van der Waals surface area contributed by atoms with Gasteiger partial charge in [-0.15, -0.1) is 10.2 Å². The molecule has 0 aliphatic carbocycles. The molecule has 0 fully saturated rings. The van der Waals surface area contributed by atoms with Gasteiger partial charge < -0.3 is 9.73 Å². The SMILES string of the molecule is N#Cc1ccccc1NC(=O)CSc1nnc(-c2ccc(I)cc2)o1. The fourth-order valence-electron chi connectivity index (χ4n) is 1.98. The zero-order chi connectivity index (χ0) is 17.6. The summed E-state index contributed by atoms with van der Waals surface area (Å²) >= 11 is 3.36. The molecule has 0 aliphatic rings. The van der Waals surface area contributed by atoms with E-state index in [-0.39, 0.29) is 11.7 Å². The van der Waals surface area contributed by atoms with Crippen LogP contribution < -0.4 is 5.32 Å². The number of rotatable bonds is 5. The number of anilines is 1. The van der Waals surface area contributed by atoms with Gasteiger partial charge in [0, 0.05) is 9.13 Å². The number of thioether (sulfide) groups is 1. The third-order valence-electron chi connectivity index (χ3n) is 3.15. The van der Waals surface area contributed by atoms with E-state index < -0.39 is 0 Å². The highest BCUT2D eigenvalue weighted by Crippen LogP contribution is 2.24. The first-order chi connectivity index (χ1) is 12.2. The maximum atomic E-state index is 12.0. The summed E-state index contributed by atoms with van der Waals surface area (Å²) < 4.78 is 6.68. The molecule has 6 nitrogen and oxygen atoms in total. The molecule has 8 heteroatoms. The molecule has 3 rings (SSSR count). The maximum absolute atomic E-state index is 12.0. The molecule has 0 radical (unpaired) electrons.